The summed E-state index contributed by atoms with van der Waals surface area (Å²) in [7, 11) is -3.76. The van der Waals surface area contributed by atoms with Crippen LogP contribution in [-0.4, -0.2) is 32.4 Å². The molecular formula is C25H28N4O3S. The third-order valence-electron chi connectivity index (χ3n) is 5.83. The number of carbonyl (C=O) groups excluding carboxylic acids is 1. The number of amides is 1. The Balaban J connectivity index is 1.50. The molecule has 172 valence electrons. The van der Waals surface area contributed by atoms with E-state index in [0.29, 0.717) is 22.8 Å². The van der Waals surface area contributed by atoms with Crippen LogP contribution in [0.25, 0.3) is 0 Å². The summed E-state index contributed by atoms with van der Waals surface area (Å²) in [6, 6.07) is 15.3. The number of hydrogen-bond acceptors (Lipinski definition) is 5. The molecule has 0 spiro atoms. The van der Waals surface area contributed by atoms with Crippen molar-refractivity contribution in [1.82, 2.24) is 4.98 Å². The van der Waals surface area contributed by atoms with E-state index in [1.807, 2.05) is 32.0 Å². The number of piperidine rings is 1. The molecule has 4 rings (SSSR count). The Morgan fingerprint density at radius 1 is 0.909 bits per heavy atom. The van der Waals surface area contributed by atoms with Crippen LogP contribution in [0.4, 0.5) is 17.2 Å². The average molecular weight is 465 g/mol. The standard InChI is InChI=1S/C25H28N4O3S/c1-18-8-6-9-19(2)23(18)28-33(31,32)21-13-11-20(12-14-21)27-25(30)22-10-7-15-26-24(22)29-16-4-3-5-17-29/h6-15,28H,3-5,16-17H2,1-2H3,(H,27,30). The van der Waals surface area contributed by atoms with E-state index in [9.17, 15) is 13.2 Å². The molecule has 1 aliphatic rings. The molecular weight excluding hydrogens is 436 g/mol. The van der Waals surface area contributed by atoms with Gasteiger partial charge in [-0.1, -0.05) is 18.2 Å². The molecule has 0 aliphatic carbocycles. The fraction of sp³-hybridized carbons (Fsp3) is 0.280. The number of nitrogens with one attached hydrogen (secondary N) is 2. The lowest BCUT2D eigenvalue weighted by Crippen LogP contribution is -2.32. The molecule has 0 bridgehead atoms. The smallest absolute Gasteiger partial charge is 0.261 e. The zero-order valence-corrected chi connectivity index (χ0v) is 19.7. The van der Waals surface area contributed by atoms with Gasteiger partial charge in [-0.15, -0.1) is 0 Å². The number of para-hydroxylation sites is 1. The summed E-state index contributed by atoms with van der Waals surface area (Å²) < 4.78 is 28.4. The van der Waals surface area contributed by atoms with Crippen LogP contribution in [0.3, 0.4) is 0 Å². The number of aryl methyl sites for hydroxylation is 2. The van der Waals surface area contributed by atoms with Crippen LogP contribution < -0.4 is 14.9 Å². The minimum Gasteiger partial charge on any atom is -0.356 e. The molecule has 0 saturated carbocycles. The van der Waals surface area contributed by atoms with E-state index >= 15 is 0 Å². The molecule has 1 amide bonds. The third kappa shape index (κ3) is 5.17. The molecule has 1 aliphatic heterocycles. The van der Waals surface area contributed by atoms with Crippen molar-refractivity contribution >= 4 is 33.1 Å². The van der Waals surface area contributed by atoms with E-state index in [4.69, 9.17) is 0 Å². The Hall–Kier alpha value is -3.39. The number of aromatic nitrogens is 1. The Bertz CT molecular complexity index is 1230. The normalized spacial score (nSPS) is 14.1. The second-order valence-electron chi connectivity index (χ2n) is 8.27. The van der Waals surface area contributed by atoms with Crippen molar-refractivity contribution in [3.8, 4) is 0 Å². The number of nitrogens with zero attached hydrogens (tertiary/aromatic N) is 2. The molecule has 0 radical (unpaired) electrons. The van der Waals surface area contributed by atoms with Crippen molar-refractivity contribution < 1.29 is 13.2 Å². The molecule has 0 unspecified atom stereocenters. The summed E-state index contributed by atoms with van der Waals surface area (Å²) in [6.45, 7) is 5.49. The number of benzene rings is 2. The topological polar surface area (TPSA) is 91.4 Å². The molecule has 2 aromatic carbocycles. The highest BCUT2D eigenvalue weighted by Gasteiger charge is 2.20. The lowest BCUT2D eigenvalue weighted by Gasteiger charge is -2.29. The van der Waals surface area contributed by atoms with Gasteiger partial charge in [0, 0.05) is 25.0 Å². The van der Waals surface area contributed by atoms with Gasteiger partial charge in [-0.2, -0.15) is 0 Å². The van der Waals surface area contributed by atoms with Crippen LogP contribution in [0, 0.1) is 13.8 Å². The molecule has 1 saturated heterocycles. The number of pyridine rings is 1. The first-order valence-corrected chi connectivity index (χ1v) is 12.5. The Morgan fingerprint density at radius 3 is 2.24 bits per heavy atom. The van der Waals surface area contributed by atoms with Gasteiger partial charge in [0.1, 0.15) is 5.82 Å². The van der Waals surface area contributed by atoms with Crippen LogP contribution in [-0.2, 0) is 10.0 Å². The molecule has 2 heterocycles. The first-order chi connectivity index (χ1) is 15.8. The molecule has 1 fully saturated rings. The van der Waals surface area contributed by atoms with Crippen molar-refractivity contribution in [3.63, 3.8) is 0 Å². The number of rotatable bonds is 6. The quantitative estimate of drug-likeness (QED) is 0.550. The first-order valence-electron chi connectivity index (χ1n) is 11.1. The summed E-state index contributed by atoms with van der Waals surface area (Å²) in [6.07, 6.45) is 5.06. The van der Waals surface area contributed by atoms with Crippen molar-refractivity contribution in [1.29, 1.82) is 0 Å². The molecule has 3 aromatic rings. The van der Waals surface area contributed by atoms with E-state index in [-0.39, 0.29) is 10.8 Å². The molecule has 1 aromatic heterocycles. The van der Waals surface area contributed by atoms with Crippen LogP contribution in [0.15, 0.2) is 65.7 Å². The second kappa shape index (κ2) is 9.62. The van der Waals surface area contributed by atoms with Gasteiger partial charge in [-0.3, -0.25) is 9.52 Å². The fourth-order valence-electron chi connectivity index (χ4n) is 4.02. The Labute approximate surface area is 194 Å². The van der Waals surface area contributed by atoms with E-state index in [0.717, 1.165) is 37.1 Å². The lowest BCUT2D eigenvalue weighted by molar-refractivity contribution is 0.102. The van der Waals surface area contributed by atoms with E-state index in [1.54, 1.807) is 30.5 Å². The summed E-state index contributed by atoms with van der Waals surface area (Å²) >= 11 is 0. The highest BCUT2D eigenvalue weighted by Crippen LogP contribution is 2.25. The summed E-state index contributed by atoms with van der Waals surface area (Å²) in [4.78, 5) is 19.7. The monoisotopic (exact) mass is 464 g/mol. The van der Waals surface area contributed by atoms with Gasteiger partial charge in [0.15, 0.2) is 0 Å². The van der Waals surface area contributed by atoms with Crippen LogP contribution >= 0.6 is 0 Å². The van der Waals surface area contributed by atoms with Crippen LogP contribution in [0.5, 0.6) is 0 Å². The number of carbonyl (C=O) groups is 1. The van der Waals surface area contributed by atoms with E-state index in [1.165, 1.54) is 18.6 Å². The van der Waals surface area contributed by atoms with Gasteiger partial charge < -0.3 is 10.2 Å². The molecule has 33 heavy (non-hydrogen) atoms. The summed E-state index contributed by atoms with van der Waals surface area (Å²) in [5.74, 6) is 0.416. The fourth-order valence-corrected chi connectivity index (χ4v) is 5.22. The molecule has 0 atom stereocenters. The molecule has 2 N–H and O–H groups in total. The highest BCUT2D eigenvalue weighted by atomic mass is 32.2. The zero-order valence-electron chi connectivity index (χ0n) is 18.8. The predicted molar refractivity (Wildman–Crippen MR) is 131 cm³/mol. The van der Waals surface area contributed by atoms with E-state index in [2.05, 4.69) is 19.9 Å². The number of anilines is 3. The minimum absolute atomic E-state index is 0.124. The van der Waals surface area contributed by atoms with Crippen molar-refractivity contribution in [2.75, 3.05) is 28.0 Å². The van der Waals surface area contributed by atoms with Gasteiger partial charge >= 0.3 is 0 Å². The maximum Gasteiger partial charge on any atom is 0.261 e. The predicted octanol–water partition coefficient (Wildman–Crippen LogP) is 4.74. The Kier molecular flexibility index (Phi) is 6.65. The van der Waals surface area contributed by atoms with E-state index < -0.39 is 10.0 Å². The average Bonchev–Trinajstić information content (AvgIpc) is 2.82. The van der Waals surface area contributed by atoms with Crippen molar-refractivity contribution in [2.24, 2.45) is 0 Å². The maximum atomic E-state index is 13.0. The maximum absolute atomic E-state index is 13.0. The Morgan fingerprint density at radius 2 is 1.58 bits per heavy atom. The van der Waals surface area contributed by atoms with Gasteiger partial charge in [0.25, 0.3) is 15.9 Å². The van der Waals surface area contributed by atoms with Crippen LogP contribution in [0.1, 0.15) is 40.7 Å². The molecule has 8 heteroatoms. The van der Waals surface area contributed by atoms with Gasteiger partial charge in [0.2, 0.25) is 0 Å². The first kappa shape index (κ1) is 22.8. The minimum atomic E-state index is -3.76. The molecule has 7 nitrogen and oxygen atoms in total. The van der Waals surface area contributed by atoms with Crippen molar-refractivity contribution in [2.45, 2.75) is 38.0 Å². The summed E-state index contributed by atoms with van der Waals surface area (Å²) in [5, 5.41) is 2.86. The second-order valence-corrected chi connectivity index (χ2v) is 9.96. The number of sulfonamides is 1. The largest absolute Gasteiger partial charge is 0.356 e. The highest BCUT2D eigenvalue weighted by molar-refractivity contribution is 7.92. The SMILES string of the molecule is Cc1cccc(C)c1NS(=O)(=O)c1ccc(NC(=O)c2cccnc2N2CCCCC2)cc1. The van der Waals surface area contributed by atoms with Crippen molar-refractivity contribution in [3.05, 3.63) is 77.5 Å². The lowest BCUT2D eigenvalue weighted by atomic mass is 10.1. The number of hydrogen-bond donors (Lipinski definition) is 2. The van der Waals surface area contributed by atoms with Crippen LogP contribution in [0.2, 0.25) is 0 Å². The third-order valence-corrected chi connectivity index (χ3v) is 7.19. The van der Waals surface area contributed by atoms with Gasteiger partial charge in [-0.25, -0.2) is 13.4 Å². The van der Waals surface area contributed by atoms with Gasteiger partial charge in [-0.05, 0) is 80.6 Å². The summed E-state index contributed by atoms with van der Waals surface area (Å²) in [5.41, 5.74) is 3.30. The zero-order chi connectivity index (χ0) is 23.4. The van der Waals surface area contributed by atoms with Gasteiger partial charge in [0.05, 0.1) is 16.1 Å².